The van der Waals surface area contributed by atoms with E-state index in [1.807, 2.05) is 6.07 Å². The van der Waals surface area contributed by atoms with Crippen LogP contribution in [0.5, 0.6) is 11.5 Å². The predicted octanol–water partition coefficient (Wildman–Crippen LogP) is 3.43. The number of aromatic hydroxyl groups is 1. The molecule has 0 aliphatic carbocycles. The summed E-state index contributed by atoms with van der Waals surface area (Å²) in [5, 5.41) is 27.1. The van der Waals surface area contributed by atoms with Gasteiger partial charge in [-0.3, -0.25) is 0 Å². The largest absolute Gasteiger partial charge is 0.507 e. The molecule has 0 spiro atoms. The third-order valence-corrected chi connectivity index (χ3v) is 5.81. The molecule has 4 rings (SSSR count). The Morgan fingerprint density at radius 3 is 2.50 bits per heavy atom. The standard InChI is InChI=1S/C24H26BN5O2/c26-17-25-10-12-30(13-11-25)16-19-7-5-18(6-8-19)9-14-32-23-15-21(28-29-24(23)27)20-3-1-2-4-22(20)31/h1-8,15,31H,9-14,16H2,(H2,27,29). The minimum Gasteiger partial charge on any atom is -0.507 e. The third-order valence-electron chi connectivity index (χ3n) is 5.81. The van der Waals surface area contributed by atoms with Crippen LogP contribution in [0.1, 0.15) is 11.1 Å². The first-order valence-electron chi connectivity index (χ1n) is 10.9. The number of rotatable bonds is 7. The molecule has 2 heterocycles. The topological polar surface area (TPSA) is 108 Å². The van der Waals surface area contributed by atoms with Crippen molar-refractivity contribution in [1.82, 2.24) is 15.1 Å². The Balaban J connectivity index is 1.31. The fourth-order valence-corrected chi connectivity index (χ4v) is 3.89. The van der Waals surface area contributed by atoms with Crippen LogP contribution >= 0.6 is 0 Å². The molecular weight excluding hydrogens is 401 g/mol. The molecule has 3 N–H and O–H groups in total. The Morgan fingerprint density at radius 2 is 1.78 bits per heavy atom. The molecule has 8 heteroatoms. The van der Waals surface area contributed by atoms with Gasteiger partial charge in [-0.2, -0.15) is 0 Å². The van der Waals surface area contributed by atoms with Gasteiger partial charge in [0.05, 0.1) is 6.61 Å². The highest BCUT2D eigenvalue weighted by molar-refractivity contribution is 6.67. The van der Waals surface area contributed by atoms with Crippen LogP contribution in [0.4, 0.5) is 5.82 Å². The van der Waals surface area contributed by atoms with E-state index in [0.29, 0.717) is 23.6 Å². The van der Waals surface area contributed by atoms with Crippen molar-refractivity contribution in [2.45, 2.75) is 25.6 Å². The van der Waals surface area contributed by atoms with Crippen molar-refractivity contribution < 1.29 is 9.84 Å². The number of nitrogens with two attached hydrogens (primary N) is 1. The van der Waals surface area contributed by atoms with E-state index in [1.54, 1.807) is 24.3 Å². The van der Waals surface area contributed by atoms with Gasteiger partial charge in [0.15, 0.2) is 11.6 Å². The number of nitriles is 1. The van der Waals surface area contributed by atoms with Crippen LogP contribution in [0.15, 0.2) is 54.6 Å². The van der Waals surface area contributed by atoms with Gasteiger partial charge >= 0.3 is 0 Å². The number of aromatic nitrogens is 2. The number of para-hydroxylation sites is 1. The van der Waals surface area contributed by atoms with Gasteiger partial charge in [0, 0.05) is 30.6 Å². The van der Waals surface area contributed by atoms with Crippen LogP contribution in [0.3, 0.4) is 0 Å². The van der Waals surface area contributed by atoms with Crippen molar-refractivity contribution in [2.75, 3.05) is 25.4 Å². The summed E-state index contributed by atoms with van der Waals surface area (Å²) in [7, 11) is 0. The zero-order chi connectivity index (χ0) is 22.3. The number of ether oxygens (including phenoxy) is 1. The molecule has 2 aromatic carbocycles. The molecule has 0 saturated carbocycles. The van der Waals surface area contributed by atoms with E-state index in [0.717, 1.165) is 38.7 Å². The van der Waals surface area contributed by atoms with Crippen LogP contribution in [0.2, 0.25) is 12.6 Å². The summed E-state index contributed by atoms with van der Waals surface area (Å²) in [5.74, 6) is 3.19. The molecular formula is C24H26BN5O2. The van der Waals surface area contributed by atoms with Crippen LogP contribution in [0, 0.1) is 11.2 Å². The summed E-state index contributed by atoms with van der Waals surface area (Å²) in [6.45, 7) is 3.56. The monoisotopic (exact) mass is 427 g/mol. The first-order chi connectivity index (χ1) is 15.6. The lowest BCUT2D eigenvalue weighted by Crippen LogP contribution is -2.35. The summed E-state index contributed by atoms with van der Waals surface area (Å²) in [6, 6.07) is 17.2. The van der Waals surface area contributed by atoms with Gasteiger partial charge < -0.3 is 20.5 Å². The lowest BCUT2D eigenvalue weighted by atomic mass is 9.45. The Bertz CT molecular complexity index is 1090. The molecule has 7 nitrogen and oxygen atoms in total. The second-order valence-electron chi connectivity index (χ2n) is 8.09. The maximum atomic E-state index is 10.0. The second kappa shape index (κ2) is 10.2. The van der Waals surface area contributed by atoms with Crippen molar-refractivity contribution in [3.63, 3.8) is 0 Å². The number of nitrogens with zero attached hydrogens (tertiary/aromatic N) is 4. The van der Waals surface area contributed by atoms with Crippen LogP contribution in [-0.4, -0.2) is 46.6 Å². The molecule has 3 aromatic rings. The van der Waals surface area contributed by atoms with Gasteiger partial charge in [-0.15, -0.1) is 10.2 Å². The number of benzene rings is 2. The van der Waals surface area contributed by atoms with Gasteiger partial charge in [-0.25, -0.2) is 5.26 Å². The Morgan fingerprint density at radius 1 is 1.06 bits per heavy atom. The highest BCUT2D eigenvalue weighted by atomic mass is 16.5. The van der Waals surface area contributed by atoms with Crippen molar-refractivity contribution in [3.05, 3.63) is 65.7 Å². The summed E-state index contributed by atoms with van der Waals surface area (Å²) >= 11 is 0. The lowest BCUT2D eigenvalue weighted by Gasteiger charge is -2.27. The Kier molecular flexibility index (Phi) is 6.88. The molecule has 1 aromatic heterocycles. The maximum Gasteiger partial charge on any atom is 0.270 e. The zero-order valence-corrected chi connectivity index (χ0v) is 17.9. The zero-order valence-electron chi connectivity index (χ0n) is 17.9. The fourth-order valence-electron chi connectivity index (χ4n) is 3.89. The summed E-state index contributed by atoms with van der Waals surface area (Å²) in [4.78, 5) is 2.41. The molecule has 0 radical (unpaired) electrons. The minimum absolute atomic E-state index is 0.132. The molecule has 162 valence electrons. The Hall–Kier alpha value is -3.57. The maximum absolute atomic E-state index is 10.0. The number of phenols is 1. The van der Waals surface area contributed by atoms with E-state index < -0.39 is 0 Å². The quantitative estimate of drug-likeness (QED) is 0.556. The van der Waals surface area contributed by atoms with E-state index in [4.69, 9.17) is 15.7 Å². The van der Waals surface area contributed by atoms with Crippen molar-refractivity contribution in [3.8, 4) is 28.7 Å². The molecule has 0 unspecified atom stereocenters. The molecule has 0 amide bonds. The average Bonchev–Trinajstić information content (AvgIpc) is 2.82. The molecule has 1 aliphatic heterocycles. The van der Waals surface area contributed by atoms with E-state index in [-0.39, 0.29) is 18.3 Å². The molecule has 32 heavy (non-hydrogen) atoms. The average molecular weight is 427 g/mol. The second-order valence-corrected chi connectivity index (χ2v) is 8.09. The molecule has 1 fully saturated rings. The van der Waals surface area contributed by atoms with E-state index in [9.17, 15) is 5.11 Å². The van der Waals surface area contributed by atoms with Gasteiger partial charge in [0.25, 0.3) is 6.71 Å². The summed E-state index contributed by atoms with van der Waals surface area (Å²) in [5.41, 5.74) is 9.48. The molecule has 0 atom stereocenters. The first-order valence-corrected chi connectivity index (χ1v) is 10.9. The molecule has 1 saturated heterocycles. The Labute approximate surface area is 188 Å². The first kappa shape index (κ1) is 21.7. The van der Waals surface area contributed by atoms with Gasteiger partial charge in [0.2, 0.25) is 0 Å². The smallest absolute Gasteiger partial charge is 0.270 e. The van der Waals surface area contributed by atoms with Crippen molar-refractivity contribution in [1.29, 1.82) is 5.26 Å². The highest BCUT2D eigenvalue weighted by Crippen LogP contribution is 2.30. The van der Waals surface area contributed by atoms with E-state index in [2.05, 4.69) is 45.3 Å². The van der Waals surface area contributed by atoms with Crippen molar-refractivity contribution in [2.24, 2.45) is 0 Å². The van der Waals surface area contributed by atoms with Gasteiger partial charge in [0.1, 0.15) is 11.4 Å². The minimum atomic E-state index is 0.132. The van der Waals surface area contributed by atoms with Crippen molar-refractivity contribution >= 4 is 12.5 Å². The van der Waals surface area contributed by atoms with E-state index in [1.165, 1.54) is 11.1 Å². The molecule has 1 aliphatic rings. The highest BCUT2D eigenvalue weighted by Gasteiger charge is 2.22. The lowest BCUT2D eigenvalue weighted by molar-refractivity contribution is 0.284. The van der Waals surface area contributed by atoms with Crippen LogP contribution in [-0.2, 0) is 13.0 Å². The summed E-state index contributed by atoms with van der Waals surface area (Å²) in [6.07, 6.45) is 2.66. The summed E-state index contributed by atoms with van der Waals surface area (Å²) < 4.78 is 5.87. The number of hydrogen-bond donors (Lipinski definition) is 2. The third kappa shape index (κ3) is 5.37. The van der Waals surface area contributed by atoms with Gasteiger partial charge in [-0.05, 0) is 49.0 Å². The SMILES string of the molecule is N#CB1CCN(Cc2ccc(CCOc3cc(-c4ccccc4O)nnc3N)cc2)CC1. The normalized spacial score (nSPS) is 14.2. The molecule has 0 bridgehead atoms. The van der Waals surface area contributed by atoms with E-state index >= 15 is 0 Å². The van der Waals surface area contributed by atoms with Crippen LogP contribution in [0.25, 0.3) is 11.3 Å². The number of hydrogen-bond acceptors (Lipinski definition) is 7. The number of phenolic OH excluding ortho intramolecular Hbond substituents is 1. The number of anilines is 1. The van der Waals surface area contributed by atoms with Crippen LogP contribution < -0.4 is 10.5 Å². The number of nitrogen functional groups attached to an aromatic ring is 1. The fraction of sp³-hybridized carbons (Fsp3) is 0.292. The van der Waals surface area contributed by atoms with Gasteiger partial charge in [-0.1, -0.05) is 36.4 Å². The predicted molar refractivity (Wildman–Crippen MR) is 125 cm³/mol.